The van der Waals surface area contributed by atoms with Crippen molar-refractivity contribution in [2.75, 3.05) is 19.7 Å². The predicted octanol–water partition coefficient (Wildman–Crippen LogP) is -3.46. The molecule has 0 bridgehead atoms. The number of aliphatic imine (C=N–C) groups is 1. The Kier molecular flexibility index (Phi) is 12.5. The molecular formula is C15H31N7O5. The van der Waals surface area contributed by atoms with Crippen LogP contribution < -0.4 is 33.6 Å². The molecule has 0 aliphatic rings. The number of amides is 2. The minimum atomic E-state index is -1.48. The van der Waals surface area contributed by atoms with E-state index in [0.717, 1.165) is 6.42 Å². The Morgan fingerprint density at radius 2 is 1.59 bits per heavy atom. The molecule has 0 fully saturated rings. The van der Waals surface area contributed by atoms with Gasteiger partial charge in [-0.15, -0.1) is 0 Å². The third-order valence-corrected chi connectivity index (χ3v) is 3.68. The first-order valence-electron chi connectivity index (χ1n) is 8.68. The number of hydrogen-bond donors (Lipinski definition) is 8. The van der Waals surface area contributed by atoms with Gasteiger partial charge in [0.2, 0.25) is 11.8 Å². The highest BCUT2D eigenvalue weighted by Crippen LogP contribution is 2.03. The van der Waals surface area contributed by atoms with E-state index in [-0.39, 0.29) is 18.9 Å². The second kappa shape index (κ2) is 13.7. The van der Waals surface area contributed by atoms with Crippen molar-refractivity contribution in [3.05, 3.63) is 0 Å². The number of rotatable bonds is 14. The van der Waals surface area contributed by atoms with Crippen LogP contribution in [0.4, 0.5) is 0 Å². The summed E-state index contributed by atoms with van der Waals surface area (Å²) in [6, 6.07) is -3.34. The molecule has 0 saturated carbocycles. The minimum absolute atomic E-state index is 0.104. The number of nitrogens with two attached hydrogens (primary N) is 4. The molecule has 156 valence electrons. The zero-order valence-corrected chi connectivity index (χ0v) is 15.3. The maximum Gasteiger partial charge on any atom is 0.328 e. The molecular weight excluding hydrogens is 358 g/mol. The molecule has 12 N–H and O–H groups in total. The number of hydrogen-bond acceptors (Lipinski definition) is 7. The van der Waals surface area contributed by atoms with Crippen LogP contribution in [-0.2, 0) is 14.4 Å². The zero-order valence-electron chi connectivity index (χ0n) is 15.3. The maximum atomic E-state index is 12.3. The summed E-state index contributed by atoms with van der Waals surface area (Å²) in [4.78, 5) is 39.3. The summed E-state index contributed by atoms with van der Waals surface area (Å²) in [6.07, 6.45) is 2.30. The number of nitrogens with zero attached hydrogens (tertiary/aromatic N) is 1. The van der Waals surface area contributed by atoms with Gasteiger partial charge in [-0.25, -0.2) is 4.79 Å². The first-order valence-corrected chi connectivity index (χ1v) is 8.68. The molecule has 0 saturated heterocycles. The highest BCUT2D eigenvalue weighted by molar-refractivity contribution is 5.91. The largest absolute Gasteiger partial charge is 0.480 e. The molecule has 0 heterocycles. The monoisotopic (exact) mass is 389 g/mol. The summed E-state index contributed by atoms with van der Waals surface area (Å²) in [7, 11) is 0. The Labute approximate surface area is 157 Å². The van der Waals surface area contributed by atoms with Gasteiger partial charge in [0.15, 0.2) is 5.96 Å². The molecule has 0 aromatic rings. The van der Waals surface area contributed by atoms with Crippen molar-refractivity contribution in [1.82, 2.24) is 10.6 Å². The van der Waals surface area contributed by atoms with E-state index in [1.807, 2.05) is 0 Å². The Hall–Kier alpha value is -2.44. The number of aliphatic hydroxyl groups is 1. The number of aliphatic carboxylic acids is 1. The summed E-state index contributed by atoms with van der Waals surface area (Å²) >= 11 is 0. The van der Waals surface area contributed by atoms with Crippen LogP contribution in [-0.4, -0.2) is 71.8 Å². The van der Waals surface area contributed by atoms with Gasteiger partial charge >= 0.3 is 5.97 Å². The average Bonchev–Trinajstić information content (AvgIpc) is 2.61. The first kappa shape index (κ1) is 24.6. The number of guanidine groups is 1. The number of carbonyl (C=O) groups excluding carboxylic acids is 2. The van der Waals surface area contributed by atoms with Gasteiger partial charge in [-0.2, -0.15) is 0 Å². The van der Waals surface area contributed by atoms with Crippen LogP contribution in [0.3, 0.4) is 0 Å². The third-order valence-electron chi connectivity index (χ3n) is 3.68. The van der Waals surface area contributed by atoms with E-state index in [4.69, 9.17) is 33.1 Å². The van der Waals surface area contributed by atoms with Crippen molar-refractivity contribution in [2.24, 2.45) is 27.9 Å². The van der Waals surface area contributed by atoms with Crippen LogP contribution in [0.15, 0.2) is 4.99 Å². The summed E-state index contributed by atoms with van der Waals surface area (Å²) in [5, 5.41) is 22.6. The Morgan fingerprint density at radius 3 is 2.11 bits per heavy atom. The molecule has 0 spiro atoms. The molecule has 0 radical (unpaired) electrons. The van der Waals surface area contributed by atoms with E-state index in [1.54, 1.807) is 0 Å². The van der Waals surface area contributed by atoms with Crippen LogP contribution in [0, 0.1) is 0 Å². The van der Waals surface area contributed by atoms with Crippen LogP contribution in [0.1, 0.15) is 32.1 Å². The summed E-state index contributed by atoms with van der Waals surface area (Å²) < 4.78 is 0. The van der Waals surface area contributed by atoms with Crippen LogP contribution in [0.2, 0.25) is 0 Å². The molecule has 3 atom stereocenters. The van der Waals surface area contributed by atoms with Crippen LogP contribution >= 0.6 is 0 Å². The Bertz CT molecular complexity index is 511. The quantitative estimate of drug-likeness (QED) is 0.0836. The molecule has 0 aliphatic heterocycles. The predicted molar refractivity (Wildman–Crippen MR) is 99.4 cm³/mol. The maximum absolute atomic E-state index is 12.3. The molecule has 2 amide bonds. The second-order valence-electron chi connectivity index (χ2n) is 5.98. The van der Waals surface area contributed by atoms with Gasteiger partial charge < -0.3 is 43.8 Å². The number of aliphatic hydroxyl groups excluding tert-OH is 1. The fourth-order valence-electron chi connectivity index (χ4n) is 2.15. The van der Waals surface area contributed by atoms with E-state index < -0.39 is 42.5 Å². The number of unbranched alkanes of at least 4 members (excludes halogenated alkanes) is 1. The lowest BCUT2D eigenvalue weighted by Crippen LogP contribution is -2.55. The first-order chi connectivity index (χ1) is 12.7. The lowest BCUT2D eigenvalue weighted by Gasteiger charge is -2.22. The number of nitrogens with one attached hydrogen (secondary N) is 2. The summed E-state index contributed by atoms with van der Waals surface area (Å²) in [5.74, 6) is -2.78. The zero-order chi connectivity index (χ0) is 20.8. The van der Waals surface area contributed by atoms with Crippen LogP contribution in [0.25, 0.3) is 0 Å². The highest BCUT2D eigenvalue weighted by Gasteiger charge is 2.27. The molecule has 12 heteroatoms. The van der Waals surface area contributed by atoms with Gasteiger partial charge in [0.05, 0.1) is 12.6 Å². The smallest absolute Gasteiger partial charge is 0.328 e. The fraction of sp³-hybridized carbons (Fsp3) is 0.733. The Morgan fingerprint density at radius 1 is 0.963 bits per heavy atom. The standard InChI is InChI=1S/C15H31N7O5/c16-6-2-1-4-9(17)12(24)21-10(5-3-7-20-15(18)19)13(25)22-11(8-23)14(26)27/h9-11,23H,1-8,16-17H2,(H,21,24)(H,22,25)(H,26,27)(H4,18,19,20). The van der Waals surface area contributed by atoms with E-state index >= 15 is 0 Å². The van der Waals surface area contributed by atoms with E-state index in [9.17, 15) is 14.4 Å². The number of carbonyl (C=O) groups is 3. The average molecular weight is 389 g/mol. The van der Waals surface area contributed by atoms with Gasteiger partial charge in [0, 0.05) is 6.54 Å². The van der Waals surface area contributed by atoms with Gasteiger partial charge in [-0.1, -0.05) is 6.42 Å². The van der Waals surface area contributed by atoms with Gasteiger partial charge in [-0.3, -0.25) is 14.6 Å². The second-order valence-corrected chi connectivity index (χ2v) is 5.98. The van der Waals surface area contributed by atoms with Gasteiger partial charge in [0.25, 0.3) is 0 Å². The van der Waals surface area contributed by atoms with Crippen LogP contribution in [0.5, 0.6) is 0 Å². The van der Waals surface area contributed by atoms with Crippen molar-refractivity contribution >= 4 is 23.7 Å². The van der Waals surface area contributed by atoms with Gasteiger partial charge in [-0.05, 0) is 32.2 Å². The summed E-state index contributed by atoms with van der Waals surface area (Å²) in [5.41, 5.74) is 21.6. The molecule has 0 aromatic carbocycles. The SMILES string of the molecule is NCCCCC(N)C(=O)NC(CCCN=C(N)N)C(=O)NC(CO)C(=O)O. The van der Waals surface area contributed by atoms with Crippen molar-refractivity contribution in [2.45, 2.75) is 50.2 Å². The number of carboxylic acids is 1. The highest BCUT2D eigenvalue weighted by atomic mass is 16.4. The van der Waals surface area contributed by atoms with E-state index in [0.29, 0.717) is 25.8 Å². The molecule has 27 heavy (non-hydrogen) atoms. The van der Waals surface area contributed by atoms with Gasteiger partial charge in [0.1, 0.15) is 12.1 Å². The normalized spacial score (nSPS) is 13.9. The lowest BCUT2D eigenvalue weighted by molar-refractivity contribution is -0.143. The lowest BCUT2D eigenvalue weighted by atomic mass is 10.1. The molecule has 0 aromatic heterocycles. The number of carboxylic acid groups (broad SMARTS) is 1. The fourth-order valence-corrected chi connectivity index (χ4v) is 2.15. The Balaban J connectivity index is 4.89. The van der Waals surface area contributed by atoms with Crippen molar-refractivity contribution in [3.63, 3.8) is 0 Å². The van der Waals surface area contributed by atoms with Crippen molar-refractivity contribution in [1.29, 1.82) is 0 Å². The third kappa shape index (κ3) is 11.0. The molecule has 3 unspecified atom stereocenters. The molecule has 12 nitrogen and oxygen atoms in total. The topological polar surface area (TPSA) is 232 Å². The van der Waals surface area contributed by atoms with Crippen molar-refractivity contribution < 1.29 is 24.6 Å². The molecule has 0 rings (SSSR count). The molecule has 0 aliphatic carbocycles. The summed E-state index contributed by atoms with van der Waals surface area (Å²) in [6.45, 7) is -0.0663. The minimum Gasteiger partial charge on any atom is -0.480 e. The van der Waals surface area contributed by atoms with E-state index in [1.165, 1.54) is 0 Å². The van der Waals surface area contributed by atoms with E-state index in [2.05, 4.69) is 15.6 Å². The van der Waals surface area contributed by atoms with Crippen molar-refractivity contribution in [3.8, 4) is 0 Å².